The number of benzene rings is 2. The first-order valence-electron chi connectivity index (χ1n) is 8.47. The molecule has 1 N–H and O–H groups in total. The van der Waals surface area contributed by atoms with E-state index in [2.05, 4.69) is 10.5 Å². The van der Waals surface area contributed by atoms with Crippen LogP contribution < -0.4 is 5.43 Å². The summed E-state index contributed by atoms with van der Waals surface area (Å²) in [4.78, 5) is 12.4. The Hall–Kier alpha value is -2.51. The zero-order valence-corrected chi connectivity index (χ0v) is 15.4. The first-order valence-corrected chi connectivity index (χ1v) is 9.91. The lowest BCUT2D eigenvalue weighted by molar-refractivity contribution is 0.0955. The molecule has 136 valence electrons. The molecule has 7 heteroatoms. The van der Waals surface area contributed by atoms with Crippen LogP contribution in [0.15, 0.2) is 58.5 Å². The standard InChI is InChI=1S/C19H21N3O3S/c1-15-6-4-7-16(12-15)14-20-21-19(23)17-8-5-9-18(13-17)26(24,25)22-10-2-3-11-22/h4-9,12-14H,2-3,10-11H2,1H3,(H,21,23)/b20-14-. The van der Waals surface area contributed by atoms with Gasteiger partial charge in [-0.2, -0.15) is 9.41 Å². The van der Waals surface area contributed by atoms with Gasteiger partial charge in [-0.1, -0.05) is 35.9 Å². The molecular weight excluding hydrogens is 350 g/mol. The predicted octanol–water partition coefficient (Wildman–Crippen LogP) is 2.54. The molecule has 1 aliphatic heterocycles. The van der Waals surface area contributed by atoms with Gasteiger partial charge in [-0.15, -0.1) is 0 Å². The lowest BCUT2D eigenvalue weighted by Crippen LogP contribution is -2.28. The van der Waals surface area contributed by atoms with Crippen molar-refractivity contribution in [1.29, 1.82) is 0 Å². The van der Waals surface area contributed by atoms with Crippen molar-refractivity contribution in [3.05, 3.63) is 65.2 Å². The number of hydrogen-bond donors (Lipinski definition) is 1. The molecule has 0 unspecified atom stereocenters. The summed E-state index contributed by atoms with van der Waals surface area (Å²) >= 11 is 0. The van der Waals surface area contributed by atoms with Crippen LogP contribution in [0, 0.1) is 6.92 Å². The molecule has 1 saturated heterocycles. The van der Waals surface area contributed by atoms with Crippen molar-refractivity contribution < 1.29 is 13.2 Å². The topological polar surface area (TPSA) is 78.8 Å². The van der Waals surface area contributed by atoms with Crippen LogP contribution in [-0.4, -0.2) is 37.9 Å². The molecule has 1 fully saturated rings. The Bertz CT molecular complexity index is 933. The Morgan fingerprint density at radius 3 is 2.58 bits per heavy atom. The summed E-state index contributed by atoms with van der Waals surface area (Å²) in [5.41, 5.74) is 4.66. The number of sulfonamides is 1. The molecule has 2 aromatic rings. The lowest BCUT2D eigenvalue weighted by atomic mass is 10.2. The molecule has 1 amide bonds. The van der Waals surface area contributed by atoms with Crippen LogP contribution in [0.25, 0.3) is 0 Å². The summed E-state index contributed by atoms with van der Waals surface area (Å²) < 4.78 is 26.7. The minimum absolute atomic E-state index is 0.134. The first kappa shape index (κ1) is 18.3. The SMILES string of the molecule is Cc1cccc(/C=N\NC(=O)c2cccc(S(=O)(=O)N3CCCC3)c2)c1. The number of nitrogens with zero attached hydrogens (tertiary/aromatic N) is 2. The minimum Gasteiger partial charge on any atom is -0.267 e. The summed E-state index contributed by atoms with van der Waals surface area (Å²) in [6.45, 7) is 3.03. The van der Waals surface area contributed by atoms with Crippen molar-refractivity contribution in [1.82, 2.24) is 9.73 Å². The van der Waals surface area contributed by atoms with E-state index < -0.39 is 15.9 Å². The van der Waals surface area contributed by atoms with Crippen LogP contribution >= 0.6 is 0 Å². The summed E-state index contributed by atoms with van der Waals surface area (Å²) in [7, 11) is -3.55. The zero-order chi connectivity index (χ0) is 18.6. The third kappa shape index (κ3) is 4.17. The Morgan fingerprint density at radius 1 is 1.12 bits per heavy atom. The number of carbonyl (C=O) groups is 1. The van der Waals surface area contributed by atoms with E-state index in [4.69, 9.17) is 0 Å². The molecule has 3 rings (SSSR count). The van der Waals surface area contributed by atoms with E-state index in [0.717, 1.165) is 24.0 Å². The van der Waals surface area contributed by atoms with Gasteiger partial charge in [0.05, 0.1) is 11.1 Å². The Balaban J connectivity index is 1.72. The molecule has 1 heterocycles. The van der Waals surface area contributed by atoms with E-state index in [-0.39, 0.29) is 10.5 Å². The molecule has 0 aromatic heterocycles. The van der Waals surface area contributed by atoms with Gasteiger partial charge >= 0.3 is 0 Å². The third-order valence-corrected chi connectivity index (χ3v) is 6.12. The fraction of sp³-hybridized carbons (Fsp3) is 0.263. The van der Waals surface area contributed by atoms with Gasteiger partial charge in [0, 0.05) is 18.7 Å². The summed E-state index contributed by atoms with van der Waals surface area (Å²) in [5.74, 6) is -0.452. The number of rotatable bonds is 5. The van der Waals surface area contributed by atoms with Crippen molar-refractivity contribution in [2.45, 2.75) is 24.7 Å². The van der Waals surface area contributed by atoms with Gasteiger partial charge in [-0.25, -0.2) is 13.8 Å². The van der Waals surface area contributed by atoms with Crippen LogP contribution in [-0.2, 0) is 10.0 Å². The average Bonchev–Trinajstić information content (AvgIpc) is 3.17. The molecule has 0 radical (unpaired) electrons. The van der Waals surface area contributed by atoms with Crippen LogP contribution in [0.2, 0.25) is 0 Å². The highest BCUT2D eigenvalue weighted by atomic mass is 32.2. The highest BCUT2D eigenvalue weighted by Gasteiger charge is 2.27. The fourth-order valence-electron chi connectivity index (χ4n) is 2.86. The van der Waals surface area contributed by atoms with Crippen LogP contribution in [0.5, 0.6) is 0 Å². The van der Waals surface area contributed by atoms with Gasteiger partial charge in [0.1, 0.15) is 0 Å². The monoisotopic (exact) mass is 371 g/mol. The third-order valence-electron chi connectivity index (χ3n) is 4.22. The van der Waals surface area contributed by atoms with Crippen molar-refractivity contribution in [2.75, 3.05) is 13.1 Å². The van der Waals surface area contributed by atoms with Crippen LogP contribution in [0.4, 0.5) is 0 Å². The van der Waals surface area contributed by atoms with Crippen molar-refractivity contribution in [3.63, 3.8) is 0 Å². The van der Waals surface area contributed by atoms with Gasteiger partial charge in [0.25, 0.3) is 5.91 Å². The molecule has 26 heavy (non-hydrogen) atoms. The Labute approximate surface area is 153 Å². The van der Waals surface area contributed by atoms with Gasteiger partial charge in [0.2, 0.25) is 10.0 Å². The van der Waals surface area contributed by atoms with Gasteiger partial charge in [0.15, 0.2) is 0 Å². The van der Waals surface area contributed by atoms with E-state index in [1.165, 1.54) is 16.4 Å². The summed E-state index contributed by atoms with van der Waals surface area (Å²) in [5, 5.41) is 3.94. The minimum atomic E-state index is -3.55. The number of carbonyl (C=O) groups excluding carboxylic acids is 1. The van der Waals surface area contributed by atoms with Crippen molar-refractivity contribution in [2.24, 2.45) is 5.10 Å². The van der Waals surface area contributed by atoms with E-state index in [1.807, 2.05) is 31.2 Å². The molecule has 0 bridgehead atoms. The number of amides is 1. The highest BCUT2D eigenvalue weighted by molar-refractivity contribution is 7.89. The van der Waals surface area contributed by atoms with Crippen molar-refractivity contribution in [3.8, 4) is 0 Å². The second-order valence-electron chi connectivity index (χ2n) is 6.25. The number of hydrazone groups is 1. The maximum absolute atomic E-state index is 12.6. The smallest absolute Gasteiger partial charge is 0.267 e. The Morgan fingerprint density at radius 2 is 1.85 bits per heavy atom. The number of nitrogens with one attached hydrogen (secondary N) is 1. The Kier molecular flexibility index (Phi) is 5.49. The van der Waals surface area contributed by atoms with Crippen LogP contribution in [0.3, 0.4) is 0 Å². The molecular formula is C19H21N3O3S. The summed E-state index contributed by atoms with van der Waals surface area (Å²) in [6.07, 6.45) is 3.29. The second-order valence-corrected chi connectivity index (χ2v) is 8.19. The van der Waals surface area contributed by atoms with Crippen molar-refractivity contribution >= 4 is 22.1 Å². The molecule has 0 aliphatic carbocycles. The van der Waals surface area contributed by atoms with E-state index >= 15 is 0 Å². The van der Waals surface area contributed by atoms with Gasteiger partial charge < -0.3 is 0 Å². The van der Waals surface area contributed by atoms with E-state index in [1.54, 1.807) is 18.3 Å². The lowest BCUT2D eigenvalue weighted by Gasteiger charge is -2.15. The molecule has 0 spiro atoms. The molecule has 2 aromatic carbocycles. The molecule has 6 nitrogen and oxygen atoms in total. The highest BCUT2D eigenvalue weighted by Crippen LogP contribution is 2.21. The molecule has 0 atom stereocenters. The second kappa shape index (κ2) is 7.80. The number of aryl methyl sites for hydroxylation is 1. The number of hydrogen-bond acceptors (Lipinski definition) is 4. The van der Waals surface area contributed by atoms with Crippen LogP contribution in [0.1, 0.15) is 34.3 Å². The molecule has 1 aliphatic rings. The largest absolute Gasteiger partial charge is 0.271 e. The van der Waals surface area contributed by atoms with Gasteiger partial charge in [-0.3, -0.25) is 4.79 Å². The maximum Gasteiger partial charge on any atom is 0.271 e. The molecule has 0 saturated carbocycles. The summed E-state index contributed by atoms with van der Waals surface area (Å²) in [6, 6.07) is 13.8. The normalized spacial score (nSPS) is 15.4. The maximum atomic E-state index is 12.6. The zero-order valence-electron chi connectivity index (χ0n) is 14.6. The first-order chi connectivity index (χ1) is 12.5. The predicted molar refractivity (Wildman–Crippen MR) is 101 cm³/mol. The van der Waals surface area contributed by atoms with E-state index in [0.29, 0.717) is 13.1 Å². The van der Waals surface area contributed by atoms with Gasteiger partial charge in [-0.05, 0) is 43.5 Å². The quantitative estimate of drug-likeness (QED) is 0.648. The fourth-order valence-corrected chi connectivity index (χ4v) is 4.42. The van der Waals surface area contributed by atoms with E-state index in [9.17, 15) is 13.2 Å². The average molecular weight is 371 g/mol.